The van der Waals surface area contributed by atoms with Crippen molar-refractivity contribution in [3.05, 3.63) is 23.2 Å². The van der Waals surface area contributed by atoms with Crippen LogP contribution in [0.25, 0.3) is 10.2 Å². The van der Waals surface area contributed by atoms with Crippen LogP contribution >= 0.6 is 23.1 Å². The third-order valence-corrected chi connectivity index (χ3v) is 5.05. The third kappa shape index (κ3) is 3.43. The maximum atomic E-state index is 12.3. The van der Waals surface area contributed by atoms with E-state index in [0.29, 0.717) is 10.6 Å². The lowest BCUT2D eigenvalue weighted by atomic mass is 10.2. The van der Waals surface area contributed by atoms with Crippen molar-refractivity contribution in [3.8, 4) is 0 Å². The second-order valence-corrected chi connectivity index (χ2v) is 6.95. The van der Waals surface area contributed by atoms with Crippen LogP contribution in [0.3, 0.4) is 0 Å². The number of nitrogen functional groups attached to an aromatic ring is 1. The molecule has 1 unspecified atom stereocenters. The Balaban J connectivity index is 2.06. The van der Waals surface area contributed by atoms with Crippen LogP contribution in [-0.4, -0.2) is 28.4 Å². The first-order chi connectivity index (χ1) is 9.63. The van der Waals surface area contributed by atoms with E-state index in [9.17, 15) is 4.79 Å². The van der Waals surface area contributed by atoms with Gasteiger partial charge >= 0.3 is 0 Å². The van der Waals surface area contributed by atoms with Gasteiger partial charge in [0.05, 0.1) is 5.69 Å². The lowest BCUT2D eigenvalue weighted by Gasteiger charge is -2.12. The molecule has 6 heteroatoms. The number of nitrogens with two attached hydrogens (primary N) is 1. The highest BCUT2D eigenvalue weighted by Crippen LogP contribution is 2.31. The van der Waals surface area contributed by atoms with Crippen LogP contribution in [0.15, 0.2) is 18.3 Å². The minimum absolute atomic E-state index is 0.0977. The Morgan fingerprint density at radius 1 is 1.60 bits per heavy atom. The van der Waals surface area contributed by atoms with Crippen LogP contribution in [0.2, 0.25) is 0 Å². The van der Waals surface area contributed by atoms with Crippen LogP contribution in [0.4, 0.5) is 5.69 Å². The molecule has 0 aliphatic heterocycles. The Labute approximate surface area is 127 Å². The molecule has 0 radical (unpaired) electrons. The van der Waals surface area contributed by atoms with E-state index in [1.807, 2.05) is 30.8 Å². The Morgan fingerprint density at radius 2 is 2.40 bits per heavy atom. The molecule has 0 aromatic carbocycles. The summed E-state index contributed by atoms with van der Waals surface area (Å²) in [5.74, 6) is 2.07. The minimum atomic E-state index is -0.0977. The summed E-state index contributed by atoms with van der Waals surface area (Å²) in [6.07, 6.45) is 2.68. The molecule has 1 atom stereocenters. The largest absolute Gasteiger partial charge is 0.397 e. The van der Waals surface area contributed by atoms with Gasteiger partial charge < -0.3 is 11.1 Å². The number of nitrogens with one attached hydrogen (secondary N) is 1. The zero-order valence-corrected chi connectivity index (χ0v) is 13.3. The topological polar surface area (TPSA) is 68.0 Å². The zero-order valence-electron chi connectivity index (χ0n) is 11.7. The van der Waals surface area contributed by atoms with Gasteiger partial charge in [0.25, 0.3) is 5.91 Å². The van der Waals surface area contributed by atoms with Crippen LogP contribution < -0.4 is 11.1 Å². The molecule has 0 aliphatic rings. The predicted molar refractivity (Wildman–Crippen MR) is 88.6 cm³/mol. The molecule has 1 amide bonds. The fraction of sp³-hybridized carbons (Fsp3) is 0.429. The highest BCUT2D eigenvalue weighted by atomic mass is 32.2. The second kappa shape index (κ2) is 6.95. The van der Waals surface area contributed by atoms with E-state index in [1.165, 1.54) is 11.3 Å². The number of aromatic nitrogens is 1. The number of amides is 1. The summed E-state index contributed by atoms with van der Waals surface area (Å²) >= 11 is 3.23. The first-order valence-electron chi connectivity index (χ1n) is 6.65. The Bertz CT molecular complexity index is 597. The molecule has 108 valence electrons. The lowest BCUT2D eigenvalue weighted by Crippen LogP contribution is -2.32. The second-order valence-electron chi connectivity index (χ2n) is 4.56. The Morgan fingerprint density at radius 3 is 3.10 bits per heavy atom. The minimum Gasteiger partial charge on any atom is -0.397 e. The maximum Gasteiger partial charge on any atom is 0.263 e. The standard InChI is InChI=1S/C14H19N3OS2/c1-3-19-8-6-9(2)17-13(18)12-11(15)10-5-4-7-16-14(10)20-12/h4-5,7,9H,3,6,8,15H2,1-2H3,(H,17,18). The van der Waals surface area contributed by atoms with E-state index in [0.717, 1.165) is 28.1 Å². The van der Waals surface area contributed by atoms with Gasteiger partial charge in [0.15, 0.2) is 0 Å². The number of carbonyl (C=O) groups is 1. The first-order valence-corrected chi connectivity index (χ1v) is 8.62. The molecule has 4 nitrogen and oxygen atoms in total. The molecule has 2 heterocycles. The summed E-state index contributed by atoms with van der Waals surface area (Å²) in [5.41, 5.74) is 6.58. The van der Waals surface area contributed by atoms with Crippen molar-refractivity contribution in [2.45, 2.75) is 26.3 Å². The summed E-state index contributed by atoms with van der Waals surface area (Å²) in [6, 6.07) is 3.88. The van der Waals surface area contributed by atoms with Gasteiger partial charge in [-0.05, 0) is 37.0 Å². The SMILES string of the molecule is CCSCCC(C)NC(=O)c1sc2ncccc2c1N. The Hall–Kier alpha value is -1.27. The van der Waals surface area contributed by atoms with Gasteiger partial charge in [-0.15, -0.1) is 11.3 Å². The Kier molecular flexibility index (Phi) is 5.25. The van der Waals surface area contributed by atoms with Gasteiger partial charge in [0, 0.05) is 17.6 Å². The van der Waals surface area contributed by atoms with Crippen molar-refractivity contribution in [2.75, 3.05) is 17.2 Å². The van der Waals surface area contributed by atoms with Crippen molar-refractivity contribution in [2.24, 2.45) is 0 Å². The first kappa shape index (κ1) is 15.1. The van der Waals surface area contributed by atoms with Gasteiger partial charge in [-0.1, -0.05) is 6.92 Å². The van der Waals surface area contributed by atoms with Gasteiger partial charge in [0.2, 0.25) is 0 Å². The van der Waals surface area contributed by atoms with Gasteiger partial charge in [0.1, 0.15) is 9.71 Å². The number of pyridine rings is 1. The molecule has 0 aliphatic carbocycles. The number of hydrogen-bond acceptors (Lipinski definition) is 5. The maximum absolute atomic E-state index is 12.3. The van der Waals surface area contributed by atoms with Gasteiger partial charge in [-0.3, -0.25) is 4.79 Å². The van der Waals surface area contributed by atoms with Crippen LogP contribution in [0.5, 0.6) is 0 Å². The lowest BCUT2D eigenvalue weighted by molar-refractivity contribution is 0.0944. The number of carbonyl (C=O) groups excluding carboxylic acids is 1. The summed E-state index contributed by atoms with van der Waals surface area (Å²) in [5, 5.41) is 3.87. The van der Waals surface area contributed by atoms with E-state index in [-0.39, 0.29) is 11.9 Å². The summed E-state index contributed by atoms with van der Waals surface area (Å²) in [4.78, 5) is 17.9. The quantitative estimate of drug-likeness (QED) is 0.804. The van der Waals surface area contributed by atoms with E-state index in [4.69, 9.17) is 5.73 Å². The molecular formula is C14H19N3OS2. The van der Waals surface area contributed by atoms with Gasteiger partial charge in [-0.2, -0.15) is 11.8 Å². The van der Waals surface area contributed by atoms with E-state index >= 15 is 0 Å². The average molecular weight is 309 g/mol. The van der Waals surface area contributed by atoms with E-state index < -0.39 is 0 Å². The number of thioether (sulfide) groups is 1. The summed E-state index contributed by atoms with van der Waals surface area (Å²) in [7, 11) is 0. The molecule has 0 fully saturated rings. The number of fused-ring (bicyclic) bond motifs is 1. The number of hydrogen-bond donors (Lipinski definition) is 2. The molecule has 0 saturated carbocycles. The van der Waals surface area contributed by atoms with Crippen molar-refractivity contribution in [1.82, 2.24) is 10.3 Å². The smallest absolute Gasteiger partial charge is 0.263 e. The number of nitrogens with zero attached hydrogens (tertiary/aromatic N) is 1. The third-order valence-electron chi connectivity index (χ3n) is 2.99. The van der Waals surface area contributed by atoms with Gasteiger partial charge in [-0.25, -0.2) is 4.98 Å². The molecule has 2 aromatic rings. The van der Waals surface area contributed by atoms with Crippen molar-refractivity contribution in [1.29, 1.82) is 0 Å². The zero-order chi connectivity index (χ0) is 14.5. The number of rotatable bonds is 6. The summed E-state index contributed by atoms with van der Waals surface area (Å²) in [6.45, 7) is 4.16. The molecule has 0 spiro atoms. The van der Waals surface area contributed by atoms with Crippen LogP contribution in [0.1, 0.15) is 29.9 Å². The van der Waals surface area contributed by atoms with Crippen molar-refractivity contribution >= 4 is 44.9 Å². The highest BCUT2D eigenvalue weighted by Gasteiger charge is 2.18. The normalized spacial score (nSPS) is 12.5. The van der Waals surface area contributed by atoms with Crippen LogP contribution in [-0.2, 0) is 0 Å². The molecule has 2 rings (SSSR count). The highest BCUT2D eigenvalue weighted by molar-refractivity contribution is 7.99. The fourth-order valence-electron chi connectivity index (χ4n) is 1.89. The fourth-order valence-corrected chi connectivity index (χ4v) is 3.66. The summed E-state index contributed by atoms with van der Waals surface area (Å²) < 4.78 is 0. The van der Waals surface area contributed by atoms with Crippen LogP contribution in [0, 0.1) is 0 Å². The molecular weight excluding hydrogens is 290 g/mol. The number of anilines is 1. The molecule has 20 heavy (non-hydrogen) atoms. The van der Waals surface area contributed by atoms with E-state index in [1.54, 1.807) is 6.20 Å². The molecule has 0 saturated heterocycles. The van der Waals surface area contributed by atoms with E-state index in [2.05, 4.69) is 17.2 Å². The van der Waals surface area contributed by atoms with Crippen molar-refractivity contribution < 1.29 is 4.79 Å². The number of thiophene rings is 1. The molecule has 2 aromatic heterocycles. The molecule has 0 bridgehead atoms. The van der Waals surface area contributed by atoms with Crippen molar-refractivity contribution in [3.63, 3.8) is 0 Å². The molecule has 3 N–H and O–H groups in total. The average Bonchev–Trinajstić information content (AvgIpc) is 2.77. The predicted octanol–water partition coefficient (Wildman–Crippen LogP) is 3.14. The monoisotopic (exact) mass is 309 g/mol.